The van der Waals surface area contributed by atoms with Gasteiger partial charge in [-0.3, -0.25) is 9.59 Å². The molecule has 1 aliphatic rings. The fourth-order valence-electron chi connectivity index (χ4n) is 2.15. The van der Waals surface area contributed by atoms with Gasteiger partial charge in [0.15, 0.2) is 0 Å². The van der Waals surface area contributed by atoms with Crippen molar-refractivity contribution in [1.82, 2.24) is 10.2 Å². The lowest BCUT2D eigenvalue weighted by molar-refractivity contribution is -0.135. The first-order chi connectivity index (χ1) is 8.54. The van der Waals surface area contributed by atoms with E-state index in [1.54, 1.807) is 0 Å². The van der Waals surface area contributed by atoms with E-state index in [9.17, 15) is 9.59 Å². The van der Waals surface area contributed by atoms with Gasteiger partial charge in [-0.1, -0.05) is 13.8 Å². The molecule has 0 aromatic rings. The van der Waals surface area contributed by atoms with E-state index in [0.717, 1.165) is 25.9 Å². The molecule has 0 bridgehead atoms. The molecular weight excluding hydrogens is 232 g/mol. The van der Waals surface area contributed by atoms with Crippen LogP contribution in [0.3, 0.4) is 0 Å². The van der Waals surface area contributed by atoms with Gasteiger partial charge in [0.25, 0.3) is 0 Å². The zero-order chi connectivity index (χ0) is 13.5. The Balaban J connectivity index is 2.27. The lowest BCUT2D eigenvalue weighted by Gasteiger charge is -2.33. The Kier molecular flexibility index (Phi) is 6.12. The standard InChI is InChI=1S/C13H24N2O3/c1-10(2)13(18)15-7-5-11(6-8-15)14-12(17)4-3-9-16/h10-11,16H,3-9H2,1-2H3,(H,14,17). The SMILES string of the molecule is CC(C)C(=O)N1CCC(NC(=O)CCCO)CC1. The van der Waals surface area contributed by atoms with Gasteiger partial charge in [0.05, 0.1) is 0 Å². The van der Waals surface area contributed by atoms with Crippen molar-refractivity contribution in [2.24, 2.45) is 5.92 Å². The maximum absolute atomic E-state index is 11.8. The summed E-state index contributed by atoms with van der Waals surface area (Å²) in [7, 11) is 0. The van der Waals surface area contributed by atoms with Gasteiger partial charge >= 0.3 is 0 Å². The smallest absolute Gasteiger partial charge is 0.225 e. The van der Waals surface area contributed by atoms with Gasteiger partial charge in [0, 0.05) is 38.1 Å². The van der Waals surface area contributed by atoms with E-state index >= 15 is 0 Å². The monoisotopic (exact) mass is 256 g/mol. The van der Waals surface area contributed by atoms with Crippen LogP contribution in [0.1, 0.15) is 39.5 Å². The van der Waals surface area contributed by atoms with Crippen LogP contribution in [0.2, 0.25) is 0 Å². The summed E-state index contributed by atoms with van der Waals surface area (Å²) in [4.78, 5) is 25.1. The lowest BCUT2D eigenvalue weighted by Crippen LogP contribution is -2.47. The molecule has 0 radical (unpaired) electrons. The molecule has 1 rings (SSSR count). The van der Waals surface area contributed by atoms with E-state index in [0.29, 0.717) is 12.8 Å². The van der Waals surface area contributed by atoms with Gasteiger partial charge in [-0.15, -0.1) is 0 Å². The van der Waals surface area contributed by atoms with Crippen LogP contribution in [0.4, 0.5) is 0 Å². The number of aliphatic hydroxyl groups excluding tert-OH is 1. The van der Waals surface area contributed by atoms with Gasteiger partial charge in [-0.25, -0.2) is 0 Å². The van der Waals surface area contributed by atoms with E-state index in [-0.39, 0.29) is 30.4 Å². The average Bonchev–Trinajstić information content (AvgIpc) is 2.36. The average molecular weight is 256 g/mol. The fourth-order valence-corrected chi connectivity index (χ4v) is 2.15. The van der Waals surface area contributed by atoms with E-state index < -0.39 is 0 Å². The summed E-state index contributed by atoms with van der Waals surface area (Å²) in [5.74, 6) is 0.235. The predicted octanol–water partition coefficient (Wildman–Crippen LogP) is 0.522. The first-order valence-corrected chi connectivity index (χ1v) is 6.73. The number of nitrogens with zero attached hydrogens (tertiary/aromatic N) is 1. The summed E-state index contributed by atoms with van der Waals surface area (Å²) in [6.45, 7) is 5.31. The number of amides is 2. The molecular formula is C13H24N2O3. The minimum Gasteiger partial charge on any atom is -0.396 e. The van der Waals surface area contributed by atoms with Crippen molar-refractivity contribution in [3.05, 3.63) is 0 Å². The van der Waals surface area contributed by atoms with Crippen LogP contribution in [0.15, 0.2) is 0 Å². The highest BCUT2D eigenvalue weighted by Crippen LogP contribution is 2.13. The summed E-state index contributed by atoms with van der Waals surface area (Å²) < 4.78 is 0. The molecule has 0 aliphatic carbocycles. The largest absolute Gasteiger partial charge is 0.396 e. The van der Waals surface area contributed by atoms with E-state index in [1.165, 1.54) is 0 Å². The fraction of sp³-hybridized carbons (Fsp3) is 0.846. The maximum atomic E-state index is 11.8. The molecule has 104 valence electrons. The lowest BCUT2D eigenvalue weighted by atomic mass is 10.0. The van der Waals surface area contributed by atoms with Gasteiger partial charge in [-0.2, -0.15) is 0 Å². The van der Waals surface area contributed by atoms with Crippen molar-refractivity contribution in [3.63, 3.8) is 0 Å². The Morgan fingerprint density at radius 1 is 1.33 bits per heavy atom. The highest BCUT2D eigenvalue weighted by atomic mass is 16.3. The van der Waals surface area contributed by atoms with Crippen LogP contribution >= 0.6 is 0 Å². The molecule has 5 nitrogen and oxygen atoms in total. The molecule has 18 heavy (non-hydrogen) atoms. The number of hydrogen-bond donors (Lipinski definition) is 2. The van der Waals surface area contributed by atoms with Crippen molar-refractivity contribution in [2.45, 2.75) is 45.6 Å². The summed E-state index contributed by atoms with van der Waals surface area (Å²) in [6, 6.07) is 0.174. The molecule has 0 saturated carbocycles. The first-order valence-electron chi connectivity index (χ1n) is 6.73. The second-order valence-corrected chi connectivity index (χ2v) is 5.15. The summed E-state index contributed by atoms with van der Waals surface area (Å²) in [5, 5.41) is 11.6. The molecule has 1 saturated heterocycles. The van der Waals surface area contributed by atoms with E-state index in [2.05, 4.69) is 5.32 Å². The highest BCUT2D eigenvalue weighted by Gasteiger charge is 2.24. The van der Waals surface area contributed by atoms with Crippen molar-refractivity contribution in [3.8, 4) is 0 Å². The second-order valence-electron chi connectivity index (χ2n) is 5.15. The number of carbonyl (C=O) groups excluding carboxylic acids is 2. The van der Waals surface area contributed by atoms with Gasteiger partial charge < -0.3 is 15.3 Å². The molecule has 1 fully saturated rings. The summed E-state index contributed by atoms with van der Waals surface area (Å²) in [6.07, 6.45) is 2.53. The molecule has 1 aliphatic heterocycles. The number of piperidine rings is 1. The molecule has 2 N–H and O–H groups in total. The molecule has 2 amide bonds. The first kappa shape index (κ1) is 15.0. The molecule has 0 atom stereocenters. The Bertz CT molecular complexity index is 284. The van der Waals surface area contributed by atoms with Gasteiger partial charge in [0.1, 0.15) is 0 Å². The Morgan fingerprint density at radius 2 is 1.94 bits per heavy atom. The number of likely N-dealkylation sites (tertiary alicyclic amines) is 1. The number of rotatable bonds is 5. The third-order valence-electron chi connectivity index (χ3n) is 3.23. The van der Waals surface area contributed by atoms with Crippen LogP contribution in [0.5, 0.6) is 0 Å². The van der Waals surface area contributed by atoms with Crippen molar-refractivity contribution >= 4 is 11.8 Å². The Hall–Kier alpha value is -1.10. The third-order valence-corrected chi connectivity index (χ3v) is 3.23. The van der Waals surface area contributed by atoms with Crippen LogP contribution < -0.4 is 5.32 Å². The minimum absolute atomic E-state index is 0.00214. The second kappa shape index (κ2) is 7.36. The van der Waals surface area contributed by atoms with Gasteiger partial charge in [0.2, 0.25) is 11.8 Å². The van der Waals surface area contributed by atoms with Crippen LogP contribution in [0.25, 0.3) is 0 Å². The van der Waals surface area contributed by atoms with Crippen LogP contribution in [-0.2, 0) is 9.59 Å². The van der Waals surface area contributed by atoms with E-state index in [4.69, 9.17) is 5.11 Å². The number of aliphatic hydroxyl groups is 1. The summed E-state index contributed by atoms with van der Waals surface area (Å²) in [5.41, 5.74) is 0. The number of carbonyl (C=O) groups is 2. The third kappa shape index (κ3) is 4.64. The quantitative estimate of drug-likeness (QED) is 0.753. The van der Waals surface area contributed by atoms with Crippen LogP contribution in [0, 0.1) is 5.92 Å². The Morgan fingerprint density at radius 3 is 2.44 bits per heavy atom. The summed E-state index contributed by atoms with van der Waals surface area (Å²) >= 11 is 0. The Labute approximate surface area is 109 Å². The molecule has 5 heteroatoms. The highest BCUT2D eigenvalue weighted by molar-refractivity contribution is 5.78. The zero-order valence-corrected chi connectivity index (χ0v) is 11.3. The van der Waals surface area contributed by atoms with Crippen molar-refractivity contribution in [2.75, 3.05) is 19.7 Å². The molecule has 0 spiro atoms. The molecule has 0 unspecified atom stereocenters. The van der Waals surface area contributed by atoms with Crippen molar-refractivity contribution in [1.29, 1.82) is 0 Å². The molecule has 0 aromatic carbocycles. The predicted molar refractivity (Wildman–Crippen MR) is 68.9 cm³/mol. The minimum atomic E-state index is -0.00214. The number of nitrogens with one attached hydrogen (secondary N) is 1. The van der Waals surface area contributed by atoms with Crippen LogP contribution in [-0.4, -0.2) is 47.6 Å². The normalized spacial score (nSPS) is 17.0. The van der Waals surface area contributed by atoms with Gasteiger partial charge in [-0.05, 0) is 19.3 Å². The molecule has 1 heterocycles. The number of hydrogen-bond acceptors (Lipinski definition) is 3. The van der Waals surface area contributed by atoms with E-state index in [1.807, 2.05) is 18.7 Å². The topological polar surface area (TPSA) is 69.6 Å². The maximum Gasteiger partial charge on any atom is 0.225 e. The van der Waals surface area contributed by atoms with Crippen molar-refractivity contribution < 1.29 is 14.7 Å². The molecule has 0 aromatic heterocycles. The zero-order valence-electron chi connectivity index (χ0n) is 11.3.